The topological polar surface area (TPSA) is 35.8 Å². The summed E-state index contributed by atoms with van der Waals surface area (Å²) in [4.78, 5) is 0. The van der Waals surface area contributed by atoms with E-state index in [9.17, 15) is 0 Å². The van der Waals surface area contributed by atoms with E-state index in [-0.39, 0.29) is 0 Å². The first-order chi connectivity index (χ1) is 9.67. The monoisotopic (exact) mass is 264 g/mol. The Kier molecular flexibility index (Phi) is 4.79. The minimum absolute atomic E-state index is 0.683. The third-order valence-electron chi connectivity index (χ3n) is 3.16. The molecule has 0 saturated carbocycles. The second kappa shape index (κ2) is 6.77. The lowest BCUT2D eigenvalue weighted by Gasteiger charge is -2.09. The molecule has 0 unspecified atom stereocenters. The molecule has 0 saturated heterocycles. The molecule has 2 aromatic carbocycles. The van der Waals surface area contributed by atoms with Gasteiger partial charge in [0.1, 0.15) is 0 Å². The Morgan fingerprint density at radius 1 is 1.05 bits per heavy atom. The van der Waals surface area contributed by atoms with Crippen LogP contribution in [0.4, 0.5) is 5.69 Å². The molecule has 0 aliphatic rings. The predicted octanol–water partition coefficient (Wildman–Crippen LogP) is 4.37. The Bertz CT molecular complexity index is 592. The molecule has 0 bridgehead atoms. The van der Waals surface area contributed by atoms with E-state index in [1.165, 1.54) is 11.1 Å². The lowest BCUT2D eigenvalue weighted by molar-refractivity contribution is 0.647. The Balaban J connectivity index is 1.95. The quantitative estimate of drug-likeness (QED) is 0.870. The highest BCUT2D eigenvalue weighted by Gasteiger charge is 1.99. The molecular formula is C18H20N2. The zero-order chi connectivity index (χ0) is 14.4. The van der Waals surface area contributed by atoms with Gasteiger partial charge >= 0.3 is 0 Å². The van der Waals surface area contributed by atoms with Crippen LogP contribution in [0.2, 0.25) is 0 Å². The number of nitrogens with one attached hydrogen (secondary N) is 1. The van der Waals surface area contributed by atoms with Crippen LogP contribution in [-0.4, -0.2) is 0 Å². The third-order valence-corrected chi connectivity index (χ3v) is 3.16. The Morgan fingerprint density at radius 2 is 1.75 bits per heavy atom. The highest BCUT2D eigenvalue weighted by atomic mass is 14.9. The SMILES string of the molecule is CC(C)Cc1ccc(CNc2cccc(C#N)c2)cc1. The van der Waals surface area contributed by atoms with E-state index in [2.05, 4.69) is 49.5 Å². The van der Waals surface area contributed by atoms with Gasteiger partial charge in [0.05, 0.1) is 11.6 Å². The van der Waals surface area contributed by atoms with Crippen LogP contribution < -0.4 is 5.32 Å². The largest absolute Gasteiger partial charge is 0.381 e. The van der Waals surface area contributed by atoms with E-state index in [1.54, 1.807) is 0 Å². The lowest BCUT2D eigenvalue weighted by Crippen LogP contribution is -2.00. The van der Waals surface area contributed by atoms with Crippen molar-refractivity contribution in [3.05, 3.63) is 65.2 Å². The molecular weight excluding hydrogens is 244 g/mol. The Hall–Kier alpha value is -2.27. The highest BCUT2D eigenvalue weighted by Crippen LogP contribution is 2.13. The molecule has 102 valence electrons. The fourth-order valence-corrected chi connectivity index (χ4v) is 2.17. The first-order valence-electron chi connectivity index (χ1n) is 6.99. The molecule has 20 heavy (non-hydrogen) atoms. The maximum atomic E-state index is 8.87. The van der Waals surface area contributed by atoms with Gasteiger partial charge in [-0.1, -0.05) is 44.2 Å². The number of hydrogen-bond acceptors (Lipinski definition) is 2. The molecule has 2 aromatic rings. The number of hydrogen-bond donors (Lipinski definition) is 1. The molecule has 0 aliphatic heterocycles. The van der Waals surface area contributed by atoms with E-state index in [1.807, 2.05) is 24.3 Å². The molecule has 0 radical (unpaired) electrons. The lowest BCUT2D eigenvalue weighted by atomic mass is 10.0. The van der Waals surface area contributed by atoms with Crippen LogP contribution >= 0.6 is 0 Å². The van der Waals surface area contributed by atoms with Crippen molar-refractivity contribution in [1.82, 2.24) is 0 Å². The second-order valence-corrected chi connectivity index (χ2v) is 5.46. The van der Waals surface area contributed by atoms with Gasteiger partial charge in [-0.05, 0) is 41.7 Å². The van der Waals surface area contributed by atoms with E-state index >= 15 is 0 Å². The number of nitrogens with zero attached hydrogens (tertiary/aromatic N) is 1. The highest BCUT2D eigenvalue weighted by molar-refractivity contribution is 5.49. The van der Waals surface area contributed by atoms with Crippen LogP contribution in [0, 0.1) is 17.2 Å². The van der Waals surface area contributed by atoms with Crippen LogP contribution in [0.5, 0.6) is 0 Å². The zero-order valence-electron chi connectivity index (χ0n) is 12.1. The van der Waals surface area contributed by atoms with E-state index in [4.69, 9.17) is 5.26 Å². The van der Waals surface area contributed by atoms with Gasteiger partial charge in [-0.25, -0.2) is 0 Å². The fourth-order valence-electron chi connectivity index (χ4n) is 2.17. The maximum Gasteiger partial charge on any atom is 0.0992 e. The van der Waals surface area contributed by atoms with Gasteiger partial charge in [-0.15, -0.1) is 0 Å². The standard InChI is InChI=1S/C18H20N2/c1-14(2)10-15-6-8-16(9-7-15)13-20-18-5-3-4-17(11-18)12-19/h3-9,11,14,20H,10,13H2,1-2H3. The summed E-state index contributed by atoms with van der Waals surface area (Å²) >= 11 is 0. The summed E-state index contributed by atoms with van der Waals surface area (Å²) in [6, 6.07) is 18.4. The summed E-state index contributed by atoms with van der Waals surface area (Å²) in [5, 5.41) is 12.2. The minimum Gasteiger partial charge on any atom is -0.381 e. The van der Waals surface area contributed by atoms with Crippen molar-refractivity contribution in [1.29, 1.82) is 5.26 Å². The fraction of sp³-hybridized carbons (Fsp3) is 0.278. The summed E-state index contributed by atoms with van der Waals surface area (Å²) in [5.74, 6) is 0.688. The van der Waals surface area contributed by atoms with E-state index in [0.29, 0.717) is 11.5 Å². The van der Waals surface area contributed by atoms with Crippen molar-refractivity contribution < 1.29 is 0 Å². The third kappa shape index (κ3) is 4.13. The van der Waals surface area contributed by atoms with Crippen LogP contribution in [0.25, 0.3) is 0 Å². The van der Waals surface area contributed by atoms with Crippen LogP contribution in [-0.2, 0) is 13.0 Å². The van der Waals surface area contributed by atoms with E-state index in [0.717, 1.165) is 18.7 Å². The Labute approximate surface area is 121 Å². The van der Waals surface area contributed by atoms with Gasteiger partial charge in [0.25, 0.3) is 0 Å². The first kappa shape index (κ1) is 14.1. The van der Waals surface area contributed by atoms with Crippen molar-refractivity contribution in [2.45, 2.75) is 26.8 Å². The molecule has 0 atom stereocenters. The summed E-state index contributed by atoms with van der Waals surface area (Å²) in [5.41, 5.74) is 4.30. The van der Waals surface area contributed by atoms with Gasteiger partial charge in [0, 0.05) is 12.2 Å². The van der Waals surface area contributed by atoms with Crippen LogP contribution in [0.15, 0.2) is 48.5 Å². The molecule has 2 heteroatoms. The summed E-state index contributed by atoms with van der Waals surface area (Å²) in [6.07, 6.45) is 1.12. The van der Waals surface area contributed by atoms with Gasteiger partial charge in [0.2, 0.25) is 0 Å². The minimum atomic E-state index is 0.683. The predicted molar refractivity (Wildman–Crippen MR) is 83.5 cm³/mol. The smallest absolute Gasteiger partial charge is 0.0992 e. The first-order valence-corrected chi connectivity index (χ1v) is 6.99. The number of nitriles is 1. The molecule has 2 nitrogen and oxygen atoms in total. The molecule has 1 N–H and O–H groups in total. The molecule has 0 fully saturated rings. The second-order valence-electron chi connectivity index (χ2n) is 5.46. The average molecular weight is 264 g/mol. The van der Waals surface area contributed by atoms with E-state index < -0.39 is 0 Å². The van der Waals surface area contributed by atoms with Crippen molar-refractivity contribution in [2.24, 2.45) is 5.92 Å². The maximum absolute atomic E-state index is 8.87. The van der Waals surface area contributed by atoms with Crippen LogP contribution in [0.3, 0.4) is 0 Å². The van der Waals surface area contributed by atoms with Gasteiger partial charge in [-0.3, -0.25) is 0 Å². The van der Waals surface area contributed by atoms with Crippen molar-refractivity contribution >= 4 is 5.69 Å². The van der Waals surface area contributed by atoms with Gasteiger partial charge in [-0.2, -0.15) is 5.26 Å². The molecule has 2 rings (SSSR count). The van der Waals surface area contributed by atoms with Crippen LogP contribution in [0.1, 0.15) is 30.5 Å². The van der Waals surface area contributed by atoms with Gasteiger partial charge < -0.3 is 5.32 Å². The Morgan fingerprint density at radius 3 is 2.40 bits per heavy atom. The average Bonchev–Trinajstić information content (AvgIpc) is 2.46. The normalized spacial score (nSPS) is 10.3. The molecule has 0 aromatic heterocycles. The van der Waals surface area contributed by atoms with Gasteiger partial charge in [0.15, 0.2) is 0 Å². The summed E-state index contributed by atoms with van der Waals surface area (Å²) in [7, 11) is 0. The zero-order valence-corrected chi connectivity index (χ0v) is 12.1. The van der Waals surface area contributed by atoms with Crippen molar-refractivity contribution in [3.63, 3.8) is 0 Å². The number of anilines is 1. The number of benzene rings is 2. The summed E-state index contributed by atoms with van der Waals surface area (Å²) in [6.45, 7) is 5.24. The molecule has 0 aliphatic carbocycles. The number of rotatable bonds is 5. The summed E-state index contributed by atoms with van der Waals surface area (Å²) < 4.78 is 0. The van der Waals surface area contributed by atoms with Crippen molar-refractivity contribution in [3.8, 4) is 6.07 Å². The molecule has 0 heterocycles. The molecule has 0 spiro atoms. The molecule has 0 amide bonds. The van der Waals surface area contributed by atoms with Crippen molar-refractivity contribution in [2.75, 3.05) is 5.32 Å².